The monoisotopic (exact) mass is 328 g/mol. The highest BCUT2D eigenvalue weighted by Crippen LogP contribution is 2.34. The lowest BCUT2D eigenvalue weighted by Gasteiger charge is -2.36. The fourth-order valence-corrected chi connectivity index (χ4v) is 3.12. The summed E-state index contributed by atoms with van der Waals surface area (Å²) in [5.41, 5.74) is 2.77. The van der Waals surface area contributed by atoms with Gasteiger partial charge >= 0.3 is 0 Å². The van der Waals surface area contributed by atoms with Crippen LogP contribution in [0.4, 0.5) is 11.6 Å². The van der Waals surface area contributed by atoms with E-state index in [0.29, 0.717) is 5.82 Å². The zero-order valence-electron chi connectivity index (χ0n) is 11.4. The molecule has 0 atom stereocenters. The number of nitrogens with zero attached hydrogens (tertiary/aromatic N) is 3. The Balaban J connectivity index is 2.09. The molecule has 1 aliphatic rings. The first-order valence-corrected chi connectivity index (χ1v) is 7.27. The van der Waals surface area contributed by atoms with Crippen molar-refractivity contribution in [2.24, 2.45) is 5.84 Å². The van der Waals surface area contributed by atoms with Crippen molar-refractivity contribution >= 4 is 27.6 Å². The summed E-state index contributed by atoms with van der Waals surface area (Å²) in [5, 5.41) is 3.42. The molecule has 0 aliphatic heterocycles. The van der Waals surface area contributed by atoms with Crippen molar-refractivity contribution in [3.63, 3.8) is 0 Å². The third-order valence-corrected chi connectivity index (χ3v) is 4.75. The Morgan fingerprint density at radius 3 is 2.53 bits per heavy atom. The van der Waals surface area contributed by atoms with Gasteiger partial charge in [-0.3, -0.25) is 0 Å². The molecular formula is C12H21BrN6. The normalized spacial score (nSPS) is 17.7. The number of hydrogen-bond donors (Lipinski definition) is 3. The van der Waals surface area contributed by atoms with E-state index in [-0.39, 0.29) is 5.54 Å². The van der Waals surface area contributed by atoms with Crippen LogP contribution in [0.2, 0.25) is 0 Å². The van der Waals surface area contributed by atoms with Crippen LogP contribution in [0.15, 0.2) is 10.8 Å². The minimum Gasteiger partial charge on any atom is -0.367 e. The fourth-order valence-electron chi connectivity index (χ4n) is 2.66. The first-order valence-electron chi connectivity index (χ1n) is 6.47. The summed E-state index contributed by atoms with van der Waals surface area (Å²) < 4.78 is 0.768. The van der Waals surface area contributed by atoms with Crippen molar-refractivity contribution in [2.75, 3.05) is 31.4 Å². The fraction of sp³-hybridized carbons (Fsp3) is 0.667. The Labute approximate surface area is 122 Å². The Morgan fingerprint density at radius 2 is 1.95 bits per heavy atom. The van der Waals surface area contributed by atoms with Gasteiger partial charge in [-0.05, 0) is 42.9 Å². The molecule has 106 valence electrons. The second-order valence-electron chi connectivity index (χ2n) is 5.21. The molecule has 1 saturated carbocycles. The first kappa shape index (κ1) is 14.5. The van der Waals surface area contributed by atoms with Gasteiger partial charge in [0, 0.05) is 12.1 Å². The summed E-state index contributed by atoms with van der Waals surface area (Å²) in [6.45, 7) is 0.875. The van der Waals surface area contributed by atoms with Gasteiger partial charge in [0.15, 0.2) is 5.82 Å². The van der Waals surface area contributed by atoms with Crippen molar-refractivity contribution in [1.82, 2.24) is 14.9 Å². The van der Waals surface area contributed by atoms with E-state index in [9.17, 15) is 0 Å². The molecule has 0 saturated heterocycles. The molecule has 6 nitrogen and oxygen atoms in total. The van der Waals surface area contributed by atoms with Gasteiger partial charge in [-0.2, -0.15) is 0 Å². The van der Waals surface area contributed by atoms with E-state index in [1.807, 2.05) is 0 Å². The number of likely N-dealkylation sites (N-methyl/N-ethyl adjacent to an activating group) is 1. The predicted molar refractivity (Wildman–Crippen MR) is 80.9 cm³/mol. The van der Waals surface area contributed by atoms with Gasteiger partial charge in [0.25, 0.3) is 0 Å². The van der Waals surface area contributed by atoms with Crippen LogP contribution in [0, 0.1) is 0 Å². The number of anilines is 2. The zero-order valence-corrected chi connectivity index (χ0v) is 13.0. The number of hydrogen-bond acceptors (Lipinski definition) is 6. The summed E-state index contributed by atoms with van der Waals surface area (Å²) in [5.74, 6) is 6.77. The number of aromatic nitrogens is 2. The smallest absolute Gasteiger partial charge is 0.159 e. The maximum Gasteiger partial charge on any atom is 0.159 e. The average molecular weight is 329 g/mol. The van der Waals surface area contributed by atoms with Crippen LogP contribution in [0.1, 0.15) is 25.7 Å². The Hall–Kier alpha value is -0.920. The molecule has 1 heterocycles. The minimum atomic E-state index is 0.223. The van der Waals surface area contributed by atoms with E-state index >= 15 is 0 Å². The molecule has 7 heteroatoms. The molecule has 0 unspecified atom stereocenters. The highest BCUT2D eigenvalue weighted by atomic mass is 79.9. The van der Waals surface area contributed by atoms with Gasteiger partial charge in [0.2, 0.25) is 0 Å². The third kappa shape index (κ3) is 2.98. The summed E-state index contributed by atoms with van der Waals surface area (Å²) in [7, 11) is 4.30. The molecule has 1 fully saturated rings. The van der Waals surface area contributed by atoms with E-state index in [1.54, 1.807) is 0 Å². The van der Waals surface area contributed by atoms with Crippen LogP contribution in [0.5, 0.6) is 0 Å². The van der Waals surface area contributed by atoms with Crippen molar-refractivity contribution < 1.29 is 0 Å². The van der Waals surface area contributed by atoms with Crippen molar-refractivity contribution in [3.05, 3.63) is 10.8 Å². The van der Waals surface area contributed by atoms with Crippen LogP contribution in [-0.2, 0) is 0 Å². The third-order valence-electron chi connectivity index (χ3n) is 3.99. The van der Waals surface area contributed by atoms with E-state index in [1.165, 1.54) is 32.0 Å². The van der Waals surface area contributed by atoms with Crippen molar-refractivity contribution in [1.29, 1.82) is 0 Å². The predicted octanol–water partition coefficient (Wildman–Crippen LogP) is 1.81. The second-order valence-corrected chi connectivity index (χ2v) is 6.00. The van der Waals surface area contributed by atoms with E-state index in [0.717, 1.165) is 16.8 Å². The number of rotatable bonds is 5. The molecule has 2 rings (SSSR count). The van der Waals surface area contributed by atoms with Crippen molar-refractivity contribution in [3.8, 4) is 0 Å². The molecule has 0 radical (unpaired) electrons. The van der Waals surface area contributed by atoms with E-state index in [2.05, 4.69) is 55.6 Å². The van der Waals surface area contributed by atoms with Crippen LogP contribution in [-0.4, -0.2) is 41.0 Å². The maximum absolute atomic E-state index is 5.41. The summed E-state index contributed by atoms with van der Waals surface area (Å²) in [4.78, 5) is 10.6. The molecule has 0 aromatic carbocycles. The summed E-state index contributed by atoms with van der Waals surface area (Å²) >= 11 is 3.46. The van der Waals surface area contributed by atoms with Crippen LogP contribution >= 0.6 is 15.9 Å². The van der Waals surface area contributed by atoms with Gasteiger partial charge in [-0.1, -0.05) is 12.8 Å². The molecular weight excluding hydrogens is 308 g/mol. The Kier molecular flexibility index (Phi) is 4.59. The minimum absolute atomic E-state index is 0.223. The lowest BCUT2D eigenvalue weighted by Crippen LogP contribution is -2.47. The average Bonchev–Trinajstić information content (AvgIpc) is 2.88. The van der Waals surface area contributed by atoms with Gasteiger partial charge in [-0.25, -0.2) is 15.8 Å². The van der Waals surface area contributed by atoms with Crippen LogP contribution < -0.4 is 16.6 Å². The molecule has 1 aliphatic carbocycles. The van der Waals surface area contributed by atoms with Crippen molar-refractivity contribution in [2.45, 2.75) is 31.2 Å². The van der Waals surface area contributed by atoms with Gasteiger partial charge in [-0.15, -0.1) is 0 Å². The first-order chi connectivity index (χ1) is 9.09. The molecule has 4 N–H and O–H groups in total. The standard InChI is InChI=1S/C12H21BrN6/c1-19(2)12(5-3-4-6-12)7-15-10-9(13)11(18-14)17-8-16-10/h8H,3-7,14H2,1-2H3,(H2,15,16,17,18). The zero-order chi connectivity index (χ0) is 13.9. The SMILES string of the molecule is CN(C)C1(CNc2ncnc(NN)c2Br)CCCC1. The van der Waals surface area contributed by atoms with Gasteiger partial charge < -0.3 is 15.6 Å². The summed E-state index contributed by atoms with van der Waals surface area (Å²) in [6.07, 6.45) is 6.52. The number of hydrazine groups is 1. The largest absolute Gasteiger partial charge is 0.367 e. The molecule has 1 aromatic rings. The van der Waals surface area contributed by atoms with Crippen LogP contribution in [0.3, 0.4) is 0 Å². The molecule has 0 spiro atoms. The quantitative estimate of drug-likeness (QED) is 0.565. The molecule has 19 heavy (non-hydrogen) atoms. The molecule has 1 aromatic heterocycles. The summed E-state index contributed by atoms with van der Waals surface area (Å²) in [6, 6.07) is 0. The highest BCUT2D eigenvalue weighted by molar-refractivity contribution is 9.10. The molecule has 0 bridgehead atoms. The molecule has 0 amide bonds. The van der Waals surface area contributed by atoms with E-state index < -0.39 is 0 Å². The number of nitrogens with one attached hydrogen (secondary N) is 2. The highest BCUT2D eigenvalue weighted by Gasteiger charge is 2.35. The van der Waals surface area contributed by atoms with Crippen LogP contribution in [0.25, 0.3) is 0 Å². The second kappa shape index (κ2) is 6.02. The van der Waals surface area contributed by atoms with E-state index in [4.69, 9.17) is 5.84 Å². The lowest BCUT2D eigenvalue weighted by molar-refractivity contribution is 0.172. The topological polar surface area (TPSA) is 79.1 Å². The number of nitrogen functional groups attached to an aromatic ring is 1. The van der Waals surface area contributed by atoms with Gasteiger partial charge in [0.05, 0.1) is 0 Å². The Morgan fingerprint density at radius 1 is 1.32 bits per heavy atom. The van der Waals surface area contributed by atoms with Gasteiger partial charge in [0.1, 0.15) is 16.6 Å². The maximum atomic E-state index is 5.41. The lowest BCUT2D eigenvalue weighted by atomic mass is 9.96. The Bertz CT molecular complexity index is 430. The number of halogens is 1. The number of nitrogens with two attached hydrogens (primary N) is 1.